The Hall–Kier alpha value is -1.35. The van der Waals surface area contributed by atoms with Crippen molar-refractivity contribution in [2.45, 2.75) is 18.9 Å². The Balaban J connectivity index is 2.26. The lowest BCUT2D eigenvalue weighted by Crippen LogP contribution is -2.87. The van der Waals surface area contributed by atoms with Crippen molar-refractivity contribution >= 4 is 5.97 Å². The van der Waals surface area contributed by atoms with Gasteiger partial charge < -0.3 is 15.2 Å². The van der Waals surface area contributed by atoms with Crippen LogP contribution in [0.1, 0.15) is 23.6 Å². The molecule has 0 amide bonds. The topological polar surface area (TPSA) is 56.7 Å². The fourth-order valence-corrected chi connectivity index (χ4v) is 2.06. The van der Waals surface area contributed by atoms with Gasteiger partial charge in [-0.3, -0.25) is 0 Å². The highest BCUT2D eigenvalue weighted by atomic mass is 16.4. The first-order valence-electron chi connectivity index (χ1n) is 4.88. The Kier molecular flexibility index (Phi) is 2.50. The van der Waals surface area contributed by atoms with E-state index in [0.29, 0.717) is 0 Å². The molecular formula is C11H13NO2. The van der Waals surface area contributed by atoms with Crippen LogP contribution in [-0.2, 0) is 11.2 Å². The van der Waals surface area contributed by atoms with E-state index in [-0.39, 0.29) is 12.5 Å². The van der Waals surface area contributed by atoms with Gasteiger partial charge in [0.05, 0.1) is 6.54 Å². The van der Waals surface area contributed by atoms with Crippen LogP contribution in [0.2, 0.25) is 0 Å². The molecule has 0 aliphatic carbocycles. The van der Waals surface area contributed by atoms with Crippen LogP contribution < -0.4 is 10.4 Å². The van der Waals surface area contributed by atoms with E-state index in [9.17, 15) is 9.90 Å². The second-order valence-electron chi connectivity index (χ2n) is 3.66. The lowest BCUT2D eigenvalue weighted by Gasteiger charge is -2.23. The second kappa shape index (κ2) is 3.80. The van der Waals surface area contributed by atoms with Crippen LogP contribution in [0.4, 0.5) is 0 Å². The number of aliphatic carboxylic acids is 1. The number of carboxylic acids is 1. The van der Waals surface area contributed by atoms with Crippen molar-refractivity contribution in [3.8, 4) is 0 Å². The normalized spacial score (nSPS) is 20.1. The molecule has 0 saturated carbocycles. The molecule has 74 valence electrons. The van der Waals surface area contributed by atoms with Gasteiger partial charge in [0.25, 0.3) is 0 Å². The zero-order valence-corrected chi connectivity index (χ0v) is 7.90. The Labute approximate surface area is 82.8 Å². The molecule has 1 heterocycles. The SMILES string of the molecule is O=C([O-])C[C@H]1[NH2+]CCc2ccccc21. The smallest absolute Gasteiger partial charge is 0.117 e. The summed E-state index contributed by atoms with van der Waals surface area (Å²) in [5.74, 6) is -0.969. The van der Waals surface area contributed by atoms with Crippen LogP contribution in [-0.4, -0.2) is 12.5 Å². The molecule has 0 fully saturated rings. The van der Waals surface area contributed by atoms with Crippen LogP contribution >= 0.6 is 0 Å². The van der Waals surface area contributed by atoms with Crippen molar-refractivity contribution in [2.24, 2.45) is 0 Å². The number of carboxylic acid groups (broad SMARTS) is 1. The van der Waals surface area contributed by atoms with Crippen LogP contribution in [0, 0.1) is 0 Å². The summed E-state index contributed by atoms with van der Waals surface area (Å²) >= 11 is 0. The quantitative estimate of drug-likeness (QED) is 0.651. The summed E-state index contributed by atoms with van der Waals surface area (Å²) in [6, 6.07) is 8.09. The molecule has 0 bridgehead atoms. The summed E-state index contributed by atoms with van der Waals surface area (Å²) in [4.78, 5) is 10.5. The number of rotatable bonds is 2. The van der Waals surface area contributed by atoms with Gasteiger partial charge in [-0.05, 0) is 5.56 Å². The summed E-state index contributed by atoms with van der Waals surface area (Å²) in [6.45, 7) is 0.967. The number of hydrogen-bond donors (Lipinski definition) is 1. The first kappa shape index (κ1) is 9.21. The highest BCUT2D eigenvalue weighted by Crippen LogP contribution is 2.20. The van der Waals surface area contributed by atoms with Gasteiger partial charge in [-0.1, -0.05) is 24.3 Å². The Morgan fingerprint density at radius 2 is 2.29 bits per heavy atom. The lowest BCUT2D eigenvalue weighted by molar-refractivity contribution is -0.698. The zero-order valence-electron chi connectivity index (χ0n) is 7.90. The molecule has 0 aromatic heterocycles. The van der Waals surface area contributed by atoms with Crippen molar-refractivity contribution in [1.82, 2.24) is 0 Å². The van der Waals surface area contributed by atoms with E-state index >= 15 is 0 Å². The minimum absolute atomic E-state index is 0.0462. The molecular weight excluding hydrogens is 178 g/mol. The van der Waals surface area contributed by atoms with E-state index in [0.717, 1.165) is 18.5 Å². The lowest BCUT2D eigenvalue weighted by atomic mass is 9.93. The van der Waals surface area contributed by atoms with E-state index in [2.05, 4.69) is 11.4 Å². The molecule has 1 aromatic rings. The molecule has 2 N–H and O–H groups in total. The summed E-state index contributed by atoms with van der Waals surface area (Å²) in [5, 5.41) is 12.6. The summed E-state index contributed by atoms with van der Waals surface area (Å²) in [5.41, 5.74) is 2.43. The molecule has 0 spiro atoms. The fraction of sp³-hybridized carbons (Fsp3) is 0.364. The average molecular weight is 191 g/mol. The minimum Gasteiger partial charge on any atom is -0.550 e. The minimum atomic E-state index is -0.969. The third kappa shape index (κ3) is 1.77. The monoisotopic (exact) mass is 191 g/mol. The van der Waals surface area contributed by atoms with Crippen molar-refractivity contribution in [1.29, 1.82) is 0 Å². The van der Waals surface area contributed by atoms with E-state index in [4.69, 9.17) is 0 Å². The predicted octanol–water partition coefficient (Wildman–Crippen LogP) is -1.01. The van der Waals surface area contributed by atoms with Crippen LogP contribution in [0.15, 0.2) is 24.3 Å². The van der Waals surface area contributed by atoms with Gasteiger partial charge in [0, 0.05) is 24.4 Å². The van der Waals surface area contributed by atoms with Gasteiger partial charge in [-0.25, -0.2) is 0 Å². The third-order valence-electron chi connectivity index (χ3n) is 2.71. The molecule has 0 unspecified atom stereocenters. The fourth-order valence-electron chi connectivity index (χ4n) is 2.06. The van der Waals surface area contributed by atoms with E-state index in [1.54, 1.807) is 0 Å². The van der Waals surface area contributed by atoms with Crippen molar-refractivity contribution in [2.75, 3.05) is 6.54 Å². The maximum absolute atomic E-state index is 10.5. The molecule has 0 saturated heterocycles. The van der Waals surface area contributed by atoms with Gasteiger partial charge in [-0.15, -0.1) is 0 Å². The Bertz CT molecular complexity index is 349. The van der Waals surface area contributed by atoms with E-state index < -0.39 is 5.97 Å². The molecule has 3 heteroatoms. The number of benzene rings is 1. The average Bonchev–Trinajstić information content (AvgIpc) is 2.18. The molecule has 0 radical (unpaired) electrons. The molecule has 1 aromatic carbocycles. The summed E-state index contributed by atoms with van der Waals surface area (Å²) < 4.78 is 0. The molecule has 1 aliphatic rings. The second-order valence-corrected chi connectivity index (χ2v) is 3.66. The predicted molar refractivity (Wildman–Crippen MR) is 49.3 cm³/mol. The van der Waals surface area contributed by atoms with E-state index in [1.807, 2.05) is 18.2 Å². The van der Waals surface area contributed by atoms with Gasteiger partial charge in [0.1, 0.15) is 6.04 Å². The standard InChI is InChI=1S/C11H13NO2/c13-11(14)7-10-9-4-2-1-3-8(9)5-6-12-10/h1-4,10,12H,5-7H2,(H,13,14)/t10-/m1/s1. The van der Waals surface area contributed by atoms with Crippen molar-refractivity contribution in [3.05, 3.63) is 35.4 Å². The van der Waals surface area contributed by atoms with E-state index in [1.165, 1.54) is 5.56 Å². The first-order chi connectivity index (χ1) is 6.77. The molecule has 1 aliphatic heterocycles. The number of carbonyl (C=O) groups is 1. The van der Waals surface area contributed by atoms with Crippen LogP contribution in [0.25, 0.3) is 0 Å². The maximum atomic E-state index is 10.5. The summed E-state index contributed by atoms with van der Waals surface area (Å²) in [7, 11) is 0. The molecule has 14 heavy (non-hydrogen) atoms. The highest BCUT2D eigenvalue weighted by Gasteiger charge is 2.22. The number of hydrogen-bond acceptors (Lipinski definition) is 2. The van der Waals surface area contributed by atoms with Crippen LogP contribution in [0.3, 0.4) is 0 Å². The van der Waals surface area contributed by atoms with Crippen molar-refractivity contribution in [3.63, 3.8) is 0 Å². The maximum Gasteiger partial charge on any atom is 0.117 e. The van der Waals surface area contributed by atoms with Gasteiger partial charge in [0.15, 0.2) is 0 Å². The third-order valence-corrected chi connectivity index (χ3v) is 2.71. The Morgan fingerprint density at radius 3 is 3.07 bits per heavy atom. The van der Waals surface area contributed by atoms with Crippen molar-refractivity contribution < 1.29 is 15.2 Å². The zero-order chi connectivity index (χ0) is 9.97. The molecule has 3 nitrogen and oxygen atoms in total. The Morgan fingerprint density at radius 1 is 1.50 bits per heavy atom. The number of quaternary nitrogens is 1. The van der Waals surface area contributed by atoms with Gasteiger partial charge in [0.2, 0.25) is 0 Å². The molecule has 1 atom stereocenters. The first-order valence-corrected chi connectivity index (χ1v) is 4.88. The number of fused-ring (bicyclic) bond motifs is 1. The van der Waals surface area contributed by atoms with Gasteiger partial charge >= 0.3 is 0 Å². The highest BCUT2D eigenvalue weighted by molar-refractivity contribution is 5.65. The largest absolute Gasteiger partial charge is 0.550 e. The molecule has 2 rings (SSSR count). The summed E-state index contributed by atoms with van der Waals surface area (Å²) in [6.07, 6.45) is 1.14. The van der Waals surface area contributed by atoms with Gasteiger partial charge in [-0.2, -0.15) is 0 Å². The number of carbonyl (C=O) groups excluding carboxylic acids is 1. The number of nitrogens with two attached hydrogens (primary N) is 1. The van der Waals surface area contributed by atoms with Crippen LogP contribution in [0.5, 0.6) is 0 Å².